The van der Waals surface area contributed by atoms with Crippen LogP contribution in [0.3, 0.4) is 0 Å². The van der Waals surface area contributed by atoms with Crippen molar-refractivity contribution in [2.45, 2.75) is 59.4 Å². The van der Waals surface area contributed by atoms with Crippen LogP contribution in [0.25, 0.3) is 5.65 Å². The molecule has 0 unspecified atom stereocenters. The van der Waals surface area contributed by atoms with Crippen LogP contribution in [0.2, 0.25) is 0 Å². The van der Waals surface area contributed by atoms with Crippen molar-refractivity contribution < 1.29 is 4.79 Å². The molecule has 1 amide bonds. The first-order valence-corrected chi connectivity index (χ1v) is 9.42. The number of carbonyl (C=O) groups is 1. The van der Waals surface area contributed by atoms with Crippen LogP contribution in [-0.4, -0.2) is 26.0 Å². The molecule has 0 fully saturated rings. The van der Waals surface area contributed by atoms with E-state index in [2.05, 4.69) is 62.3 Å². The number of imidazole rings is 1. The summed E-state index contributed by atoms with van der Waals surface area (Å²) in [5.41, 5.74) is 9.98. The SMILES string of the molecule is Cc1cc(N)ccc1NC(=O)c1cnn2c(NC(C)(C)C)c(C(C)(C)C)[nH]c12. The molecule has 7 nitrogen and oxygen atoms in total. The maximum absolute atomic E-state index is 12.9. The highest BCUT2D eigenvalue weighted by molar-refractivity contribution is 6.08. The number of hydrogen-bond donors (Lipinski definition) is 4. The van der Waals surface area contributed by atoms with Crippen LogP contribution >= 0.6 is 0 Å². The van der Waals surface area contributed by atoms with Crippen LogP contribution in [0.4, 0.5) is 17.2 Å². The van der Waals surface area contributed by atoms with E-state index >= 15 is 0 Å². The van der Waals surface area contributed by atoms with E-state index in [1.807, 2.05) is 19.1 Å². The first kappa shape index (κ1) is 19.8. The molecule has 0 spiro atoms. The molecule has 0 atom stereocenters. The summed E-state index contributed by atoms with van der Waals surface area (Å²) in [4.78, 5) is 16.4. The van der Waals surface area contributed by atoms with Crippen molar-refractivity contribution in [1.29, 1.82) is 0 Å². The second-order valence-corrected chi connectivity index (χ2v) is 9.32. The van der Waals surface area contributed by atoms with Crippen molar-refractivity contribution in [2.75, 3.05) is 16.4 Å². The number of aryl methyl sites for hydroxylation is 1. The summed E-state index contributed by atoms with van der Waals surface area (Å²) in [7, 11) is 0. The van der Waals surface area contributed by atoms with Gasteiger partial charge in [0.2, 0.25) is 0 Å². The highest BCUT2D eigenvalue weighted by Gasteiger charge is 2.28. The number of hydrogen-bond acceptors (Lipinski definition) is 4. The summed E-state index contributed by atoms with van der Waals surface area (Å²) in [5.74, 6) is 0.657. The van der Waals surface area contributed by atoms with Crippen LogP contribution in [0.1, 0.15) is 63.2 Å². The lowest BCUT2D eigenvalue weighted by atomic mass is 9.91. The maximum atomic E-state index is 12.9. The Hall–Kier alpha value is -2.96. The van der Waals surface area contributed by atoms with Crippen LogP contribution in [0.15, 0.2) is 24.4 Å². The quantitative estimate of drug-likeness (QED) is 0.507. The van der Waals surface area contributed by atoms with Crippen LogP contribution < -0.4 is 16.4 Å². The van der Waals surface area contributed by atoms with Crippen LogP contribution in [0, 0.1) is 6.92 Å². The molecule has 3 aromatic rings. The lowest BCUT2D eigenvalue weighted by Crippen LogP contribution is -2.29. The van der Waals surface area contributed by atoms with Gasteiger partial charge in [-0.1, -0.05) is 20.8 Å². The van der Waals surface area contributed by atoms with E-state index in [0.717, 1.165) is 22.8 Å². The topological polar surface area (TPSA) is 100 Å². The summed E-state index contributed by atoms with van der Waals surface area (Å²) in [6.07, 6.45) is 1.59. The summed E-state index contributed by atoms with van der Waals surface area (Å²) < 4.78 is 1.77. The first-order chi connectivity index (χ1) is 12.9. The average Bonchev–Trinajstić information content (AvgIpc) is 3.08. The molecule has 0 radical (unpaired) electrons. The van der Waals surface area contributed by atoms with Gasteiger partial charge in [0.25, 0.3) is 5.91 Å². The average molecular weight is 383 g/mol. The van der Waals surface area contributed by atoms with Gasteiger partial charge in [-0.2, -0.15) is 9.61 Å². The first-order valence-electron chi connectivity index (χ1n) is 9.42. The fourth-order valence-corrected chi connectivity index (χ4v) is 3.12. The molecule has 2 heterocycles. The van der Waals surface area contributed by atoms with Crippen molar-refractivity contribution in [3.05, 3.63) is 41.2 Å². The fourth-order valence-electron chi connectivity index (χ4n) is 3.12. The minimum absolute atomic E-state index is 0.143. The molecule has 0 bridgehead atoms. The van der Waals surface area contributed by atoms with Gasteiger partial charge < -0.3 is 21.4 Å². The molecule has 150 valence electrons. The number of nitrogens with zero attached hydrogens (tertiary/aromatic N) is 2. The third-order valence-corrected chi connectivity index (χ3v) is 4.45. The Bertz CT molecular complexity index is 1030. The molecule has 28 heavy (non-hydrogen) atoms. The van der Waals surface area contributed by atoms with Gasteiger partial charge in [-0.05, 0) is 51.5 Å². The van der Waals surface area contributed by atoms with Crippen molar-refractivity contribution in [2.24, 2.45) is 0 Å². The Labute approximate surface area is 165 Å². The molecule has 0 aliphatic heterocycles. The predicted octanol–water partition coefficient (Wildman–Crippen LogP) is 4.31. The third-order valence-electron chi connectivity index (χ3n) is 4.45. The number of aromatic nitrogens is 3. The number of aromatic amines is 1. The normalized spacial score (nSPS) is 12.4. The van der Waals surface area contributed by atoms with Gasteiger partial charge in [-0.15, -0.1) is 0 Å². The third kappa shape index (κ3) is 3.83. The maximum Gasteiger partial charge on any atom is 0.261 e. The molecule has 1 aromatic carbocycles. The Morgan fingerprint density at radius 1 is 1.18 bits per heavy atom. The Kier molecular flexibility index (Phi) is 4.65. The Morgan fingerprint density at radius 3 is 2.43 bits per heavy atom. The van der Waals surface area contributed by atoms with Crippen molar-refractivity contribution >= 4 is 28.7 Å². The number of anilines is 3. The van der Waals surface area contributed by atoms with Gasteiger partial charge in [0.05, 0.1) is 11.9 Å². The minimum Gasteiger partial charge on any atom is -0.399 e. The molecule has 7 heteroatoms. The second-order valence-electron chi connectivity index (χ2n) is 9.32. The van der Waals surface area contributed by atoms with Gasteiger partial charge in [-0.3, -0.25) is 4.79 Å². The molecule has 0 aliphatic rings. The lowest BCUT2D eigenvalue weighted by Gasteiger charge is -2.25. The van der Waals surface area contributed by atoms with E-state index in [9.17, 15) is 4.79 Å². The monoisotopic (exact) mass is 382 g/mol. The van der Waals surface area contributed by atoms with E-state index in [4.69, 9.17) is 5.73 Å². The van der Waals surface area contributed by atoms with Crippen molar-refractivity contribution in [3.63, 3.8) is 0 Å². The van der Waals surface area contributed by atoms with Crippen LogP contribution in [0.5, 0.6) is 0 Å². The number of rotatable bonds is 3. The van der Waals surface area contributed by atoms with Crippen LogP contribution in [-0.2, 0) is 5.41 Å². The number of carbonyl (C=O) groups excluding carboxylic acids is 1. The molecular formula is C21H30N6O. The number of fused-ring (bicyclic) bond motifs is 1. The number of nitrogens with two attached hydrogens (primary N) is 1. The van der Waals surface area contributed by atoms with E-state index in [-0.39, 0.29) is 16.9 Å². The largest absolute Gasteiger partial charge is 0.399 e. The van der Waals surface area contributed by atoms with Gasteiger partial charge in [0.1, 0.15) is 17.0 Å². The number of amides is 1. The van der Waals surface area contributed by atoms with E-state index < -0.39 is 0 Å². The molecular weight excluding hydrogens is 352 g/mol. The Balaban J connectivity index is 2.04. The predicted molar refractivity (Wildman–Crippen MR) is 115 cm³/mol. The zero-order valence-corrected chi connectivity index (χ0v) is 17.7. The number of nitrogens with one attached hydrogen (secondary N) is 3. The van der Waals surface area contributed by atoms with Gasteiger partial charge in [-0.25, -0.2) is 0 Å². The number of benzene rings is 1. The van der Waals surface area contributed by atoms with Gasteiger partial charge in [0, 0.05) is 22.3 Å². The van der Waals surface area contributed by atoms with Crippen molar-refractivity contribution in [3.8, 4) is 0 Å². The van der Waals surface area contributed by atoms with E-state index in [0.29, 0.717) is 16.9 Å². The fraction of sp³-hybridized carbons (Fsp3) is 0.429. The van der Waals surface area contributed by atoms with E-state index in [1.165, 1.54) is 0 Å². The second kappa shape index (κ2) is 6.58. The molecule has 0 saturated carbocycles. The highest BCUT2D eigenvalue weighted by atomic mass is 16.1. The Morgan fingerprint density at radius 2 is 1.86 bits per heavy atom. The molecule has 0 aliphatic carbocycles. The zero-order valence-electron chi connectivity index (χ0n) is 17.7. The number of nitrogen functional groups attached to an aromatic ring is 1. The standard InChI is InChI=1S/C21H30N6O/c1-12-10-13(22)8-9-15(12)24-19(28)14-11-23-27-17(14)25-16(20(2,3)4)18(27)26-21(5,6)7/h8-11,25-26H,22H2,1-7H3,(H,24,28). The van der Waals surface area contributed by atoms with Gasteiger partial charge in [0.15, 0.2) is 0 Å². The lowest BCUT2D eigenvalue weighted by molar-refractivity contribution is 0.102. The molecule has 3 rings (SSSR count). The molecule has 5 N–H and O–H groups in total. The minimum atomic E-state index is -0.216. The van der Waals surface area contributed by atoms with E-state index in [1.54, 1.807) is 16.8 Å². The molecule has 0 saturated heterocycles. The van der Waals surface area contributed by atoms with Gasteiger partial charge >= 0.3 is 0 Å². The smallest absolute Gasteiger partial charge is 0.261 e. The zero-order chi connectivity index (χ0) is 20.9. The summed E-state index contributed by atoms with van der Waals surface area (Å²) in [6.45, 7) is 14.6. The van der Waals surface area contributed by atoms with Crippen molar-refractivity contribution in [1.82, 2.24) is 14.6 Å². The summed E-state index contributed by atoms with van der Waals surface area (Å²) >= 11 is 0. The highest BCUT2D eigenvalue weighted by Crippen LogP contribution is 2.32. The summed E-state index contributed by atoms with van der Waals surface area (Å²) in [5, 5.41) is 11.0. The summed E-state index contributed by atoms with van der Waals surface area (Å²) in [6, 6.07) is 5.42. The number of H-pyrrole nitrogens is 1. The molecule has 2 aromatic heterocycles.